The smallest absolute Gasteiger partial charge is 0.387 e. The molecule has 0 spiro atoms. The second kappa shape index (κ2) is 9.45. The van der Waals surface area contributed by atoms with E-state index in [9.17, 15) is 13.6 Å². The number of hydrogen-bond donors (Lipinski definition) is 2. The Balaban J connectivity index is 1.82. The lowest BCUT2D eigenvalue weighted by Crippen LogP contribution is -2.30. The first-order valence-electron chi connectivity index (χ1n) is 7.82. The predicted octanol–water partition coefficient (Wildman–Crippen LogP) is 3.67. The fourth-order valence-electron chi connectivity index (χ4n) is 2.26. The number of carbonyl (C=O) groups excluding carboxylic acids is 1. The van der Waals surface area contributed by atoms with Crippen molar-refractivity contribution in [1.82, 2.24) is 5.32 Å². The molecular weight excluding hydrogens is 346 g/mol. The van der Waals surface area contributed by atoms with Crippen molar-refractivity contribution in [3.8, 4) is 17.2 Å². The number of hydrogen-bond acceptors (Lipinski definition) is 4. The van der Waals surface area contributed by atoms with Gasteiger partial charge in [-0.25, -0.2) is 4.79 Å². The highest BCUT2D eigenvalue weighted by Gasteiger charge is 2.07. The summed E-state index contributed by atoms with van der Waals surface area (Å²) in [6.45, 7) is -2.49. The van der Waals surface area contributed by atoms with Crippen LogP contribution in [0, 0.1) is 0 Å². The lowest BCUT2D eigenvalue weighted by atomic mass is 10.1. The van der Waals surface area contributed by atoms with Crippen molar-refractivity contribution in [2.75, 3.05) is 26.1 Å². The number of urea groups is 1. The molecule has 2 amide bonds. The Morgan fingerprint density at radius 3 is 2.35 bits per heavy atom. The Morgan fingerprint density at radius 1 is 1.04 bits per heavy atom. The number of methoxy groups -OCH3 is 2. The minimum atomic E-state index is -2.88. The summed E-state index contributed by atoms with van der Waals surface area (Å²) in [7, 11) is 3.15. The average molecular weight is 366 g/mol. The summed E-state index contributed by atoms with van der Waals surface area (Å²) in [4.78, 5) is 11.9. The molecule has 0 fully saturated rings. The maximum absolute atomic E-state index is 12.1. The van der Waals surface area contributed by atoms with Gasteiger partial charge in [0.05, 0.1) is 14.2 Å². The molecule has 2 rings (SSSR count). The van der Waals surface area contributed by atoms with Crippen LogP contribution in [0.25, 0.3) is 0 Å². The number of anilines is 1. The molecule has 6 nitrogen and oxygen atoms in total. The van der Waals surface area contributed by atoms with Gasteiger partial charge in [-0.1, -0.05) is 6.07 Å². The zero-order chi connectivity index (χ0) is 18.9. The van der Waals surface area contributed by atoms with Crippen molar-refractivity contribution in [2.24, 2.45) is 0 Å². The molecule has 0 aliphatic heterocycles. The number of ether oxygens (including phenoxy) is 3. The molecule has 0 saturated carbocycles. The number of amides is 2. The number of benzene rings is 2. The van der Waals surface area contributed by atoms with Gasteiger partial charge in [0.15, 0.2) is 0 Å². The van der Waals surface area contributed by atoms with Crippen LogP contribution in [-0.4, -0.2) is 33.4 Å². The SMILES string of the molecule is COc1ccc(CCNC(=O)Nc2ccc(OC(F)F)cc2)c(OC)c1. The fourth-order valence-corrected chi connectivity index (χ4v) is 2.26. The summed E-state index contributed by atoms with van der Waals surface area (Å²) in [5.74, 6) is 1.40. The Labute approximate surface area is 150 Å². The van der Waals surface area contributed by atoms with Gasteiger partial charge in [-0.15, -0.1) is 0 Å². The molecule has 0 unspecified atom stereocenters. The van der Waals surface area contributed by atoms with Crippen LogP contribution in [0.5, 0.6) is 17.2 Å². The van der Waals surface area contributed by atoms with Gasteiger partial charge in [-0.3, -0.25) is 0 Å². The average Bonchev–Trinajstić information content (AvgIpc) is 2.63. The van der Waals surface area contributed by atoms with Gasteiger partial charge in [0.25, 0.3) is 0 Å². The third kappa shape index (κ3) is 5.80. The van der Waals surface area contributed by atoms with Gasteiger partial charge in [-0.2, -0.15) is 8.78 Å². The van der Waals surface area contributed by atoms with E-state index in [4.69, 9.17) is 9.47 Å². The zero-order valence-corrected chi connectivity index (χ0v) is 14.4. The Bertz CT molecular complexity index is 724. The van der Waals surface area contributed by atoms with Crippen LogP contribution in [0.1, 0.15) is 5.56 Å². The van der Waals surface area contributed by atoms with E-state index in [2.05, 4.69) is 15.4 Å². The second-order valence-corrected chi connectivity index (χ2v) is 5.21. The molecule has 0 aliphatic carbocycles. The molecule has 0 aliphatic rings. The predicted molar refractivity (Wildman–Crippen MR) is 93.3 cm³/mol. The molecule has 8 heteroatoms. The van der Waals surface area contributed by atoms with Gasteiger partial charge < -0.3 is 24.8 Å². The van der Waals surface area contributed by atoms with E-state index >= 15 is 0 Å². The standard InChI is InChI=1S/C18H20F2N2O4/c1-24-15-6-3-12(16(11-15)25-2)9-10-21-18(23)22-13-4-7-14(8-5-13)26-17(19)20/h3-8,11,17H,9-10H2,1-2H3,(H2,21,22,23). The van der Waals surface area contributed by atoms with Crippen LogP contribution in [0.2, 0.25) is 0 Å². The largest absolute Gasteiger partial charge is 0.497 e. The molecule has 26 heavy (non-hydrogen) atoms. The minimum absolute atomic E-state index is 0.0255. The Morgan fingerprint density at radius 2 is 1.73 bits per heavy atom. The third-order valence-corrected chi connectivity index (χ3v) is 3.51. The summed E-state index contributed by atoms with van der Waals surface area (Å²) >= 11 is 0. The van der Waals surface area contributed by atoms with E-state index in [1.807, 2.05) is 12.1 Å². The summed E-state index contributed by atoms with van der Waals surface area (Å²) < 4.78 is 38.9. The minimum Gasteiger partial charge on any atom is -0.497 e. The highest BCUT2D eigenvalue weighted by molar-refractivity contribution is 5.89. The number of rotatable bonds is 8. The summed E-state index contributed by atoms with van der Waals surface area (Å²) in [6.07, 6.45) is 0.571. The molecule has 2 N–H and O–H groups in total. The van der Waals surface area contributed by atoms with Gasteiger partial charge in [0.2, 0.25) is 0 Å². The maximum Gasteiger partial charge on any atom is 0.387 e. The second-order valence-electron chi connectivity index (χ2n) is 5.21. The van der Waals surface area contributed by atoms with Crippen LogP contribution in [-0.2, 0) is 6.42 Å². The van der Waals surface area contributed by atoms with Crippen LogP contribution < -0.4 is 24.8 Å². The van der Waals surface area contributed by atoms with E-state index in [-0.39, 0.29) is 5.75 Å². The van der Waals surface area contributed by atoms with E-state index in [0.717, 1.165) is 5.56 Å². The lowest BCUT2D eigenvalue weighted by Gasteiger charge is -2.12. The van der Waals surface area contributed by atoms with Crippen molar-refractivity contribution >= 4 is 11.7 Å². The highest BCUT2D eigenvalue weighted by Crippen LogP contribution is 2.24. The van der Waals surface area contributed by atoms with Gasteiger partial charge in [0.1, 0.15) is 17.2 Å². The molecule has 2 aromatic carbocycles. The van der Waals surface area contributed by atoms with E-state index in [0.29, 0.717) is 30.2 Å². The first kappa shape index (κ1) is 19.3. The monoisotopic (exact) mass is 366 g/mol. The van der Waals surface area contributed by atoms with Crippen molar-refractivity contribution in [2.45, 2.75) is 13.0 Å². The fraction of sp³-hybridized carbons (Fsp3) is 0.278. The molecule has 0 bridgehead atoms. The molecule has 2 aromatic rings. The van der Waals surface area contributed by atoms with E-state index in [1.165, 1.54) is 24.3 Å². The normalized spacial score (nSPS) is 10.3. The van der Waals surface area contributed by atoms with Crippen LogP contribution in [0.15, 0.2) is 42.5 Å². The van der Waals surface area contributed by atoms with Gasteiger partial charge >= 0.3 is 12.6 Å². The molecule has 0 aromatic heterocycles. The number of halogens is 2. The van der Waals surface area contributed by atoms with Crippen molar-refractivity contribution in [3.63, 3.8) is 0 Å². The van der Waals surface area contributed by atoms with Crippen LogP contribution in [0.4, 0.5) is 19.3 Å². The topological polar surface area (TPSA) is 68.8 Å². The van der Waals surface area contributed by atoms with E-state index < -0.39 is 12.6 Å². The zero-order valence-electron chi connectivity index (χ0n) is 14.4. The highest BCUT2D eigenvalue weighted by atomic mass is 19.3. The van der Waals surface area contributed by atoms with Crippen molar-refractivity contribution in [3.05, 3.63) is 48.0 Å². The maximum atomic E-state index is 12.1. The lowest BCUT2D eigenvalue weighted by molar-refractivity contribution is -0.0498. The third-order valence-electron chi connectivity index (χ3n) is 3.51. The Hall–Kier alpha value is -3.03. The molecule has 0 atom stereocenters. The molecule has 0 saturated heterocycles. The number of carbonyl (C=O) groups is 1. The van der Waals surface area contributed by atoms with Gasteiger partial charge in [0, 0.05) is 18.3 Å². The number of nitrogens with one attached hydrogen (secondary N) is 2. The molecule has 140 valence electrons. The van der Waals surface area contributed by atoms with Crippen molar-refractivity contribution in [1.29, 1.82) is 0 Å². The van der Waals surface area contributed by atoms with E-state index in [1.54, 1.807) is 20.3 Å². The molecule has 0 heterocycles. The van der Waals surface area contributed by atoms with Crippen LogP contribution in [0.3, 0.4) is 0 Å². The first-order chi connectivity index (χ1) is 12.5. The van der Waals surface area contributed by atoms with Crippen LogP contribution >= 0.6 is 0 Å². The molecular formula is C18H20F2N2O4. The van der Waals surface area contributed by atoms with Gasteiger partial charge in [-0.05, 0) is 42.3 Å². The molecule has 0 radical (unpaired) electrons. The summed E-state index contributed by atoms with van der Waals surface area (Å²) in [5, 5.41) is 5.33. The summed E-state index contributed by atoms with van der Waals surface area (Å²) in [5.41, 5.74) is 1.40. The first-order valence-corrected chi connectivity index (χ1v) is 7.82. The number of alkyl halides is 2. The summed E-state index contributed by atoms with van der Waals surface area (Å²) in [6, 6.07) is 10.7. The quantitative estimate of drug-likeness (QED) is 0.748. The Kier molecular flexibility index (Phi) is 7.02. The van der Waals surface area contributed by atoms with Crippen molar-refractivity contribution < 1.29 is 27.8 Å².